The molecular formula is C7H16O3S. The standard InChI is InChI=1S/C7H16O3S/c1-3-5-6-7-10-11(8,9)4-2/h3-7H2,1-2H3. The zero-order valence-corrected chi connectivity index (χ0v) is 7.99. The Bertz CT molecular complexity index is 172. The van der Waals surface area contributed by atoms with E-state index in [0.29, 0.717) is 6.61 Å². The van der Waals surface area contributed by atoms with Crippen LogP contribution >= 0.6 is 0 Å². The van der Waals surface area contributed by atoms with Gasteiger partial charge < -0.3 is 0 Å². The molecule has 0 saturated heterocycles. The van der Waals surface area contributed by atoms with E-state index < -0.39 is 10.1 Å². The van der Waals surface area contributed by atoms with Gasteiger partial charge in [-0.3, -0.25) is 4.18 Å². The van der Waals surface area contributed by atoms with Crippen molar-refractivity contribution >= 4 is 10.1 Å². The predicted octanol–water partition coefficient (Wildman–Crippen LogP) is 1.54. The van der Waals surface area contributed by atoms with E-state index in [-0.39, 0.29) is 5.75 Å². The second-order valence-corrected chi connectivity index (χ2v) is 4.30. The van der Waals surface area contributed by atoms with E-state index in [2.05, 4.69) is 11.1 Å². The van der Waals surface area contributed by atoms with Gasteiger partial charge in [-0.2, -0.15) is 8.42 Å². The van der Waals surface area contributed by atoms with Gasteiger partial charge in [0, 0.05) is 0 Å². The average molecular weight is 180 g/mol. The van der Waals surface area contributed by atoms with Gasteiger partial charge in [0.05, 0.1) is 12.4 Å². The molecule has 0 aromatic rings. The van der Waals surface area contributed by atoms with E-state index in [0.717, 1.165) is 19.3 Å². The van der Waals surface area contributed by atoms with Crippen molar-refractivity contribution in [3.8, 4) is 0 Å². The molecule has 0 aliphatic rings. The monoisotopic (exact) mass is 180 g/mol. The van der Waals surface area contributed by atoms with Crippen molar-refractivity contribution in [1.29, 1.82) is 0 Å². The number of hydrogen-bond donors (Lipinski definition) is 0. The zero-order chi connectivity index (χ0) is 8.74. The highest BCUT2D eigenvalue weighted by atomic mass is 32.2. The van der Waals surface area contributed by atoms with Gasteiger partial charge in [0.2, 0.25) is 0 Å². The summed E-state index contributed by atoms with van der Waals surface area (Å²) < 4.78 is 26.1. The third kappa shape index (κ3) is 6.31. The van der Waals surface area contributed by atoms with Gasteiger partial charge in [-0.25, -0.2) is 0 Å². The first-order chi connectivity index (χ1) is 5.12. The molecule has 0 fully saturated rings. The number of rotatable bonds is 6. The quantitative estimate of drug-likeness (QED) is 0.460. The van der Waals surface area contributed by atoms with Crippen LogP contribution in [-0.2, 0) is 14.3 Å². The molecule has 0 radical (unpaired) electrons. The van der Waals surface area contributed by atoms with Crippen LogP contribution in [0.4, 0.5) is 0 Å². The molecule has 68 valence electrons. The summed E-state index contributed by atoms with van der Waals surface area (Å²) in [6, 6.07) is 0. The zero-order valence-electron chi connectivity index (χ0n) is 7.17. The Morgan fingerprint density at radius 1 is 1.18 bits per heavy atom. The summed E-state index contributed by atoms with van der Waals surface area (Å²) in [4.78, 5) is 0. The van der Waals surface area contributed by atoms with Gasteiger partial charge in [0.1, 0.15) is 0 Å². The fraction of sp³-hybridized carbons (Fsp3) is 1.00. The molecule has 4 heteroatoms. The summed E-state index contributed by atoms with van der Waals surface area (Å²) in [6.07, 6.45) is 2.94. The molecule has 3 nitrogen and oxygen atoms in total. The summed E-state index contributed by atoms with van der Waals surface area (Å²) >= 11 is 0. The molecule has 0 atom stereocenters. The lowest BCUT2D eigenvalue weighted by Crippen LogP contribution is -2.08. The number of hydrogen-bond acceptors (Lipinski definition) is 3. The van der Waals surface area contributed by atoms with Crippen LogP contribution in [0.2, 0.25) is 0 Å². The first-order valence-corrected chi connectivity index (χ1v) is 5.57. The van der Waals surface area contributed by atoms with Crippen LogP contribution in [0, 0.1) is 0 Å². The Kier molecular flexibility index (Phi) is 5.50. The van der Waals surface area contributed by atoms with Crippen molar-refractivity contribution in [2.45, 2.75) is 33.1 Å². The molecule has 0 unspecified atom stereocenters. The fourth-order valence-electron chi connectivity index (χ4n) is 0.621. The van der Waals surface area contributed by atoms with Crippen molar-refractivity contribution in [3.05, 3.63) is 0 Å². The molecule has 0 spiro atoms. The lowest BCUT2D eigenvalue weighted by Gasteiger charge is -2.01. The Hall–Kier alpha value is -0.0900. The molecule has 11 heavy (non-hydrogen) atoms. The molecular weight excluding hydrogens is 164 g/mol. The van der Waals surface area contributed by atoms with Crippen LogP contribution in [-0.4, -0.2) is 20.8 Å². The molecule has 0 saturated carbocycles. The lowest BCUT2D eigenvalue weighted by atomic mass is 10.3. The van der Waals surface area contributed by atoms with Gasteiger partial charge >= 0.3 is 0 Å². The fourth-order valence-corrected chi connectivity index (χ4v) is 1.16. The molecule has 0 N–H and O–H groups in total. The third-order valence-electron chi connectivity index (χ3n) is 1.36. The van der Waals surface area contributed by atoms with Gasteiger partial charge in [-0.1, -0.05) is 19.8 Å². The molecule has 0 aliphatic carbocycles. The maximum absolute atomic E-state index is 10.7. The maximum Gasteiger partial charge on any atom is 0.267 e. The molecule has 0 aliphatic heterocycles. The predicted molar refractivity (Wildman–Crippen MR) is 44.9 cm³/mol. The van der Waals surface area contributed by atoms with Crippen molar-refractivity contribution in [3.63, 3.8) is 0 Å². The molecule has 0 amide bonds. The van der Waals surface area contributed by atoms with Crippen LogP contribution in [0.3, 0.4) is 0 Å². The summed E-state index contributed by atoms with van der Waals surface area (Å²) in [5.74, 6) is 0.0686. The van der Waals surface area contributed by atoms with E-state index in [1.165, 1.54) is 0 Å². The minimum Gasteiger partial charge on any atom is -0.270 e. The lowest BCUT2D eigenvalue weighted by molar-refractivity contribution is 0.309. The Labute approximate surface area is 68.9 Å². The van der Waals surface area contributed by atoms with Crippen molar-refractivity contribution in [1.82, 2.24) is 0 Å². The Morgan fingerprint density at radius 2 is 1.82 bits per heavy atom. The van der Waals surface area contributed by atoms with Crippen LogP contribution in [0.25, 0.3) is 0 Å². The SMILES string of the molecule is CCCCCOS(=O)(=O)CC. The van der Waals surface area contributed by atoms with Gasteiger partial charge in [-0.05, 0) is 13.3 Å². The van der Waals surface area contributed by atoms with Gasteiger partial charge in [0.25, 0.3) is 10.1 Å². The van der Waals surface area contributed by atoms with E-state index in [9.17, 15) is 8.42 Å². The summed E-state index contributed by atoms with van der Waals surface area (Å²) in [5, 5.41) is 0. The molecule has 0 aromatic heterocycles. The van der Waals surface area contributed by atoms with Crippen LogP contribution in [0.5, 0.6) is 0 Å². The second kappa shape index (κ2) is 5.55. The van der Waals surface area contributed by atoms with Crippen LogP contribution < -0.4 is 0 Å². The van der Waals surface area contributed by atoms with Crippen molar-refractivity contribution < 1.29 is 12.6 Å². The Morgan fingerprint density at radius 3 is 2.27 bits per heavy atom. The van der Waals surface area contributed by atoms with Gasteiger partial charge in [-0.15, -0.1) is 0 Å². The van der Waals surface area contributed by atoms with E-state index in [4.69, 9.17) is 0 Å². The minimum atomic E-state index is -3.20. The van der Waals surface area contributed by atoms with Gasteiger partial charge in [0.15, 0.2) is 0 Å². The average Bonchev–Trinajstić information content (AvgIpc) is 1.99. The van der Waals surface area contributed by atoms with Crippen molar-refractivity contribution in [2.24, 2.45) is 0 Å². The van der Waals surface area contributed by atoms with E-state index in [1.54, 1.807) is 6.92 Å². The van der Waals surface area contributed by atoms with Crippen LogP contribution in [0.15, 0.2) is 0 Å². The van der Waals surface area contributed by atoms with E-state index >= 15 is 0 Å². The normalized spacial score (nSPS) is 11.8. The van der Waals surface area contributed by atoms with Crippen molar-refractivity contribution in [2.75, 3.05) is 12.4 Å². The smallest absolute Gasteiger partial charge is 0.267 e. The summed E-state index contributed by atoms with van der Waals surface area (Å²) in [5.41, 5.74) is 0. The Balaban J connectivity index is 3.39. The third-order valence-corrected chi connectivity index (χ3v) is 2.60. The molecule has 0 heterocycles. The highest BCUT2D eigenvalue weighted by Gasteiger charge is 2.05. The number of unbranched alkanes of at least 4 members (excludes halogenated alkanes) is 2. The highest BCUT2D eigenvalue weighted by Crippen LogP contribution is 1.98. The summed E-state index contributed by atoms with van der Waals surface area (Å²) in [7, 11) is -3.20. The molecule has 0 rings (SSSR count). The largest absolute Gasteiger partial charge is 0.270 e. The molecule has 0 aromatic carbocycles. The topological polar surface area (TPSA) is 43.4 Å². The first-order valence-electron chi connectivity index (χ1n) is 3.99. The minimum absolute atomic E-state index is 0.0686. The van der Waals surface area contributed by atoms with E-state index in [1.807, 2.05) is 0 Å². The van der Waals surface area contributed by atoms with Crippen LogP contribution in [0.1, 0.15) is 33.1 Å². The maximum atomic E-state index is 10.7. The summed E-state index contributed by atoms with van der Waals surface area (Å²) in [6.45, 7) is 3.98. The highest BCUT2D eigenvalue weighted by molar-refractivity contribution is 7.86. The second-order valence-electron chi connectivity index (χ2n) is 2.38. The molecule has 0 bridgehead atoms. The first kappa shape index (κ1) is 10.9.